The predicted octanol–water partition coefficient (Wildman–Crippen LogP) is 0.0127. The van der Waals surface area contributed by atoms with Crippen LogP contribution >= 0.6 is 0 Å². The van der Waals surface area contributed by atoms with Gasteiger partial charge in [0.15, 0.2) is 0 Å². The van der Waals surface area contributed by atoms with Crippen molar-refractivity contribution >= 4 is 8.41 Å². The molecule has 2 nitrogen and oxygen atoms in total. The van der Waals surface area contributed by atoms with Gasteiger partial charge in [-0.25, -0.2) is 0 Å². The molecule has 0 aliphatic carbocycles. The van der Waals surface area contributed by atoms with Crippen LogP contribution in [0.25, 0.3) is 0 Å². The summed E-state index contributed by atoms with van der Waals surface area (Å²) in [5, 5.41) is 0. The Hall–Kier alpha value is 1.78. The van der Waals surface area contributed by atoms with E-state index < -0.39 is 0 Å². The average Bonchev–Trinajstić information content (AvgIpc) is 1.41. The van der Waals surface area contributed by atoms with E-state index in [2.05, 4.69) is 9.47 Å². The molecule has 0 amide bonds. The van der Waals surface area contributed by atoms with Gasteiger partial charge in [-0.15, -0.1) is 0 Å². The molecule has 0 bridgehead atoms. The second-order valence-electron chi connectivity index (χ2n) is 0.568. The van der Waals surface area contributed by atoms with Crippen molar-refractivity contribution < 1.29 is 63.2 Å². The van der Waals surface area contributed by atoms with Gasteiger partial charge in [-0.05, 0) is 0 Å². The van der Waals surface area contributed by atoms with Gasteiger partial charge in [0.05, 0.1) is 0 Å². The average molecular weight is 359 g/mol. The fourth-order valence-corrected chi connectivity index (χ4v) is 0.0962. The molecule has 44 valence electrons. The van der Waals surface area contributed by atoms with Crippen LogP contribution in [0.3, 0.4) is 0 Å². The maximum atomic E-state index is 4.34. The van der Waals surface area contributed by atoms with Gasteiger partial charge < -0.3 is 9.47 Å². The fraction of sp³-hybridized carbons (Fsp3) is 0.667. The molecule has 4 radical (unpaired) electrons. The molecule has 0 rings (SSSR count). The Bertz CT molecular complexity index is 24.8. The van der Waals surface area contributed by atoms with Crippen molar-refractivity contribution in [2.24, 2.45) is 0 Å². The second kappa shape index (κ2) is 23.3. The number of rotatable bonds is 2. The standard InChI is InChI=1S/C3H7O2.B.W.Y/c1-4-3-5-2;;;/h3H,1-2H3;;;/q-1;;;. The SMILES string of the molecule is CO[CH-]OC.[B].[W].[Y]. The van der Waals surface area contributed by atoms with Crippen molar-refractivity contribution in [3.63, 3.8) is 0 Å². The number of ether oxygens (including phenoxy) is 2. The Balaban J connectivity index is -0.0000000267. The molecule has 0 saturated carbocycles. The Labute approximate surface area is 91.8 Å². The van der Waals surface area contributed by atoms with Gasteiger partial charge in [-0.1, -0.05) is 6.79 Å². The van der Waals surface area contributed by atoms with Gasteiger partial charge in [0.25, 0.3) is 0 Å². The van der Waals surface area contributed by atoms with Crippen LogP contribution in [0.4, 0.5) is 0 Å². The zero-order chi connectivity index (χ0) is 4.12. The summed E-state index contributed by atoms with van der Waals surface area (Å²) >= 11 is 0. The van der Waals surface area contributed by atoms with E-state index in [-0.39, 0.29) is 62.2 Å². The van der Waals surface area contributed by atoms with Crippen molar-refractivity contribution in [1.82, 2.24) is 0 Å². The fourth-order valence-electron chi connectivity index (χ4n) is 0.0962. The largest absolute Gasteiger partial charge is 0.527 e. The summed E-state index contributed by atoms with van der Waals surface area (Å²) < 4.78 is 8.69. The normalized spacial score (nSPS) is 5.25. The van der Waals surface area contributed by atoms with E-state index in [1.165, 1.54) is 21.0 Å². The molecule has 0 unspecified atom stereocenters. The summed E-state index contributed by atoms with van der Waals surface area (Å²) in [6, 6.07) is 0. The van der Waals surface area contributed by atoms with Crippen molar-refractivity contribution in [3.8, 4) is 0 Å². The summed E-state index contributed by atoms with van der Waals surface area (Å²) in [5.74, 6) is 0. The minimum atomic E-state index is 0. The maximum absolute atomic E-state index is 4.34. The van der Waals surface area contributed by atoms with E-state index in [1.54, 1.807) is 0 Å². The first-order chi connectivity index (χ1) is 2.41. The third-order valence-corrected chi connectivity index (χ3v) is 0.192. The molecule has 0 aliphatic rings. The van der Waals surface area contributed by atoms with Crippen LogP contribution in [0.15, 0.2) is 0 Å². The van der Waals surface area contributed by atoms with E-state index in [4.69, 9.17) is 0 Å². The number of methoxy groups -OCH3 is 2. The number of hydrogen-bond donors (Lipinski definition) is 0. The first-order valence-electron chi connectivity index (χ1n) is 1.29. The molecule has 5 heteroatoms. The number of hydrogen-bond acceptors (Lipinski definition) is 2. The monoisotopic (exact) mass is 359 g/mol. The van der Waals surface area contributed by atoms with Gasteiger partial charge in [0.1, 0.15) is 0 Å². The van der Waals surface area contributed by atoms with Crippen molar-refractivity contribution in [2.45, 2.75) is 0 Å². The molecule has 0 fully saturated rings. The van der Waals surface area contributed by atoms with Crippen LogP contribution in [0.2, 0.25) is 0 Å². The summed E-state index contributed by atoms with van der Waals surface area (Å²) in [5.41, 5.74) is 0. The minimum absolute atomic E-state index is 0. The Morgan fingerprint density at radius 1 is 1.12 bits per heavy atom. The summed E-state index contributed by atoms with van der Waals surface area (Å²) in [4.78, 5) is 0. The van der Waals surface area contributed by atoms with Crippen molar-refractivity contribution in [2.75, 3.05) is 14.2 Å². The molecule has 0 heterocycles. The van der Waals surface area contributed by atoms with E-state index in [9.17, 15) is 0 Å². The van der Waals surface area contributed by atoms with E-state index in [1.807, 2.05) is 0 Å². The van der Waals surface area contributed by atoms with Crippen LogP contribution in [-0.2, 0) is 63.2 Å². The molecule has 0 aromatic heterocycles. The van der Waals surface area contributed by atoms with Crippen LogP contribution in [0.1, 0.15) is 0 Å². The topological polar surface area (TPSA) is 18.5 Å². The first kappa shape index (κ1) is 22.6. The summed E-state index contributed by atoms with van der Waals surface area (Å²) in [6.07, 6.45) is 0. The van der Waals surface area contributed by atoms with Crippen molar-refractivity contribution in [3.05, 3.63) is 6.79 Å². The Kier molecular flexibility index (Phi) is 65.6. The van der Waals surface area contributed by atoms with Gasteiger partial charge in [0.2, 0.25) is 0 Å². The summed E-state index contributed by atoms with van der Waals surface area (Å²) in [7, 11) is 3.06. The van der Waals surface area contributed by atoms with Crippen molar-refractivity contribution in [1.29, 1.82) is 0 Å². The molecule has 0 aliphatic heterocycles. The maximum Gasteiger partial charge on any atom is 0.00103 e. The molecule has 0 aromatic carbocycles. The van der Waals surface area contributed by atoms with Crippen LogP contribution in [-0.4, -0.2) is 22.6 Å². The van der Waals surface area contributed by atoms with Gasteiger partial charge in [-0.2, -0.15) is 0 Å². The molecule has 0 spiro atoms. The van der Waals surface area contributed by atoms with E-state index in [0.29, 0.717) is 0 Å². The second-order valence-corrected chi connectivity index (χ2v) is 0.568. The molecule has 0 aromatic rings. The van der Waals surface area contributed by atoms with Gasteiger partial charge in [0, 0.05) is 76.4 Å². The molecule has 0 saturated heterocycles. The van der Waals surface area contributed by atoms with Crippen LogP contribution in [0.5, 0.6) is 0 Å². The first-order valence-corrected chi connectivity index (χ1v) is 1.29. The molecule has 0 atom stereocenters. The van der Waals surface area contributed by atoms with Gasteiger partial charge >= 0.3 is 0 Å². The Morgan fingerprint density at radius 3 is 1.38 bits per heavy atom. The van der Waals surface area contributed by atoms with Crippen LogP contribution in [0, 0.1) is 6.79 Å². The molecule has 0 N–H and O–H groups in total. The third-order valence-electron chi connectivity index (χ3n) is 0.192. The van der Waals surface area contributed by atoms with E-state index in [0.717, 1.165) is 0 Å². The van der Waals surface area contributed by atoms with Crippen LogP contribution < -0.4 is 0 Å². The summed E-state index contributed by atoms with van der Waals surface area (Å²) in [6.45, 7) is 1.25. The van der Waals surface area contributed by atoms with E-state index >= 15 is 0 Å². The quantitative estimate of drug-likeness (QED) is 0.512. The zero-order valence-electron chi connectivity index (χ0n) is 4.96. The molecular weight excluding hydrogens is 352 g/mol. The zero-order valence-corrected chi connectivity index (χ0v) is 10.7. The predicted molar refractivity (Wildman–Crippen MR) is 24.1 cm³/mol. The minimum Gasteiger partial charge on any atom is -0.527 e. The molecular formula is C3H7BO2WY-. The smallest absolute Gasteiger partial charge is 0.00103 e. The molecule has 8 heavy (non-hydrogen) atoms. The van der Waals surface area contributed by atoms with Gasteiger partial charge in [-0.3, -0.25) is 0 Å². The third kappa shape index (κ3) is 25.0. The Morgan fingerprint density at radius 2 is 1.38 bits per heavy atom.